The van der Waals surface area contributed by atoms with E-state index in [1.807, 2.05) is 6.20 Å². The first-order chi connectivity index (χ1) is 10.1. The molecule has 0 unspecified atom stereocenters. The lowest BCUT2D eigenvalue weighted by Gasteiger charge is -2.04. The summed E-state index contributed by atoms with van der Waals surface area (Å²) in [6.45, 7) is 2.56. The molecule has 2 N–H and O–H groups in total. The van der Waals surface area contributed by atoms with Gasteiger partial charge in [-0.3, -0.25) is 4.79 Å². The predicted octanol–water partition coefficient (Wildman–Crippen LogP) is 2.38. The molecule has 0 saturated heterocycles. The summed E-state index contributed by atoms with van der Waals surface area (Å²) in [5, 5.41) is 12.7. The zero-order valence-corrected chi connectivity index (χ0v) is 12.4. The molecule has 0 aliphatic heterocycles. The summed E-state index contributed by atoms with van der Waals surface area (Å²) >= 11 is 1.65. The first-order valence-corrected chi connectivity index (χ1v) is 7.47. The van der Waals surface area contributed by atoms with E-state index in [1.54, 1.807) is 23.5 Å². The fraction of sp³-hybridized carbons (Fsp3) is 0.267. The van der Waals surface area contributed by atoms with Gasteiger partial charge in [0, 0.05) is 29.6 Å². The number of carbonyl (C=O) groups is 2. The van der Waals surface area contributed by atoms with Crippen LogP contribution in [0.5, 0.6) is 0 Å². The number of benzene rings is 1. The highest BCUT2D eigenvalue weighted by Gasteiger charge is 2.09. The van der Waals surface area contributed by atoms with Gasteiger partial charge < -0.3 is 10.4 Å². The standard InChI is InChI=1S/C15H16N2O3S/c1-2-12-9-17-13(21-12)6-7-16-14(18)10-4-3-5-11(8-10)15(19)20/h3-5,8-9H,2,6-7H2,1H3,(H,16,18)(H,19,20). The maximum absolute atomic E-state index is 12.0. The molecule has 1 heterocycles. The molecular weight excluding hydrogens is 288 g/mol. The average molecular weight is 304 g/mol. The van der Waals surface area contributed by atoms with Crippen LogP contribution in [-0.4, -0.2) is 28.5 Å². The van der Waals surface area contributed by atoms with Gasteiger partial charge in [0.15, 0.2) is 0 Å². The Morgan fingerprint density at radius 3 is 2.76 bits per heavy atom. The van der Waals surface area contributed by atoms with Crippen molar-refractivity contribution in [3.05, 3.63) is 51.5 Å². The van der Waals surface area contributed by atoms with Gasteiger partial charge >= 0.3 is 5.97 Å². The van der Waals surface area contributed by atoms with Crippen LogP contribution in [0.25, 0.3) is 0 Å². The smallest absolute Gasteiger partial charge is 0.335 e. The fourth-order valence-corrected chi connectivity index (χ4v) is 2.67. The Hall–Kier alpha value is -2.21. The summed E-state index contributed by atoms with van der Waals surface area (Å²) < 4.78 is 0. The van der Waals surface area contributed by atoms with Crippen molar-refractivity contribution in [3.63, 3.8) is 0 Å². The number of carboxylic acids is 1. The van der Waals surface area contributed by atoms with Crippen molar-refractivity contribution in [3.8, 4) is 0 Å². The third-order valence-corrected chi connectivity index (χ3v) is 4.15. The van der Waals surface area contributed by atoms with Crippen molar-refractivity contribution >= 4 is 23.2 Å². The van der Waals surface area contributed by atoms with Crippen molar-refractivity contribution in [2.24, 2.45) is 0 Å². The van der Waals surface area contributed by atoms with Crippen LogP contribution in [0.15, 0.2) is 30.5 Å². The zero-order chi connectivity index (χ0) is 15.2. The number of nitrogens with one attached hydrogen (secondary N) is 1. The first kappa shape index (κ1) is 15.2. The van der Waals surface area contributed by atoms with E-state index in [0.717, 1.165) is 11.4 Å². The number of carbonyl (C=O) groups excluding carboxylic acids is 1. The minimum Gasteiger partial charge on any atom is -0.478 e. The molecule has 0 aliphatic rings. The number of aromatic carboxylic acids is 1. The maximum Gasteiger partial charge on any atom is 0.335 e. The summed E-state index contributed by atoms with van der Waals surface area (Å²) in [6, 6.07) is 5.99. The van der Waals surface area contributed by atoms with Gasteiger partial charge in [0.25, 0.3) is 5.91 Å². The van der Waals surface area contributed by atoms with Gasteiger partial charge in [-0.15, -0.1) is 11.3 Å². The topological polar surface area (TPSA) is 79.3 Å². The van der Waals surface area contributed by atoms with Gasteiger partial charge in [-0.1, -0.05) is 13.0 Å². The van der Waals surface area contributed by atoms with E-state index < -0.39 is 5.97 Å². The number of aryl methyl sites for hydroxylation is 1. The van der Waals surface area contributed by atoms with Gasteiger partial charge in [0.05, 0.1) is 10.6 Å². The second kappa shape index (κ2) is 6.99. The van der Waals surface area contributed by atoms with Crippen molar-refractivity contribution in [1.29, 1.82) is 0 Å². The quantitative estimate of drug-likeness (QED) is 0.858. The van der Waals surface area contributed by atoms with Crippen molar-refractivity contribution in [2.45, 2.75) is 19.8 Å². The summed E-state index contributed by atoms with van der Waals surface area (Å²) in [5.41, 5.74) is 0.457. The van der Waals surface area contributed by atoms with E-state index in [1.165, 1.54) is 17.0 Å². The van der Waals surface area contributed by atoms with Gasteiger partial charge in [-0.05, 0) is 24.6 Å². The van der Waals surface area contributed by atoms with E-state index in [-0.39, 0.29) is 11.5 Å². The summed E-state index contributed by atoms with van der Waals surface area (Å²) in [4.78, 5) is 28.3. The second-order valence-electron chi connectivity index (χ2n) is 4.47. The molecule has 0 fully saturated rings. The van der Waals surface area contributed by atoms with Gasteiger partial charge in [0.2, 0.25) is 0 Å². The van der Waals surface area contributed by atoms with Crippen molar-refractivity contribution in [2.75, 3.05) is 6.54 Å². The van der Waals surface area contributed by atoms with Crippen LogP contribution in [0, 0.1) is 0 Å². The number of amides is 1. The third-order valence-electron chi connectivity index (χ3n) is 2.95. The molecule has 0 atom stereocenters. The molecule has 2 aromatic rings. The molecule has 1 amide bonds. The van der Waals surface area contributed by atoms with Gasteiger partial charge in [-0.2, -0.15) is 0 Å². The van der Waals surface area contributed by atoms with Crippen LogP contribution in [0.4, 0.5) is 0 Å². The molecule has 0 aliphatic carbocycles. The lowest BCUT2D eigenvalue weighted by molar-refractivity contribution is 0.0697. The molecular formula is C15H16N2O3S. The lowest BCUT2D eigenvalue weighted by atomic mass is 10.1. The van der Waals surface area contributed by atoms with Crippen LogP contribution in [0.3, 0.4) is 0 Å². The van der Waals surface area contributed by atoms with E-state index >= 15 is 0 Å². The molecule has 0 radical (unpaired) electrons. The Labute approximate surface area is 126 Å². The summed E-state index contributed by atoms with van der Waals surface area (Å²) in [6.07, 6.45) is 3.50. The SMILES string of the molecule is CCc1cnc(CCNC(=O)c2cccc(C(=O)O)c2)s1. The minimum atomic E-state index is -1.04. The molecule has 0 bridgehead atoms. The highest BCUT2D eigenvalue weighted by atomic mass is 32.1. The van der Waals surface area contributed by atoms with Crippen LogP contribution >= 0.6 is 11.3 Å². The Morgan fingerprint density at radius 1 is 1.33 bits per heavy atom. The Morgan fingerprint density at radius 2 is 2.10 bits per heavy atom. The normalized spacial score (nSPS) is 10.3. The van der Waals surface area contributed by atoms with Crippen LogP contribution in [-0.2, 0) is 12.8 Å². The summed E-state index contributed by atoms with van der Waals surface area (Å²) in [7, 11) is 0. The van der Waals surface area contributed by atoms with Gasteiger partial charge in [0.1, 0.15) is 0 Å². The number of hydrogen-bond acceptors (Lipinski definition) is 4. The van der Waals surface area contributed by atoms with Gasteiger partial charge in [-0.25, -0.2) is 9.78 Å². The summed E-state index contributed by atoms with van der Waals surface area (Å²) in [5.74, 6) is -1.31. The molecule has 110 valence electrons. The third kappa shape index (κ3) is 4.13. The van der Waals surface area contributed by atoms with E-state index in [0.29, 0.717) is 18.5 Å². The van der Waals surface area contributed by atoms with Crippen molar-refractivity contribution < 1.29 is 14.7 Å². The molecule has 21 heavy (non-hydrogen) atoms. The number of rotatable bonds is 6. The first-order valence-electron chi connectivity index (χ1n) is 6.65. The number of aromatic nitrogens is 1. The van der Waals surface area contributed by atoms with E-state index in [4.69, 9.17) is 5.11 Å². The Bertz CT molecular complexity index is 652. The lowest BCUT2D eigenvalue weighted by Crippen LogP contribution is -2.25. The largest absolute Gasteiger partial charge is 0.478 e. The molecule has 6 heteroatoms. The zero-order valence-electron chi connectivity index (χ0n) is 11.6. The molecule has 0 saturated carbocycles. The molecule has 2 rings (SSSR count). The molecule has 1 aromatic heterocycles. The monoisotopic (exact) mass is 304 g/mol. The van der Waals surface area contributed by atoms with Crippen molar-refractivity contribution in [1.82, 2.24) is 10.3 Å². The highest BCUT2D eigenvalue weighted by molar-refractivity contribution is 7.11. The Kier molecular flexibility index (Phi) is 5.05. The average Bonchev–Trinajstić information content (AvgIpc) is 2.95. The van der Waals surface area contributed by atoms with E-state index in [2.05, 4.69) is 17.2 Å². The predicted molar refractivity (Wildman–Crippen MR) is 80.9 cm³/mol. The molecule has 0 spiro atoms. The molecule has 1 aromatic carbocycles. The second-order valence-corrected chi connectivity index (χ2v) is 5.67. The van der Waals surface area contributed by atoms with E-state index in [9.17, 15) is 9.59 Å². The minimum absolute atomic E-state index is 0.107. The number of carboxylic acid groups (broad SMARTS) is 1. The molecule has 5 nitrogen and oxygen atoms in total. The number of nitrogens with zero attached hydrogens (tertiary/aromatic N) is 1. The van der Waals surface area contributed by atoms with Crippen LogP contribution in [0.1, 0.15) is 37.5 Å². The number of thiazole rings is 1. The van der Waals surface area contributed by atoms with Crippen LogP contribution in [0.2, 0.25) is 0 Å². The maximum atomic E-state index is 12.0. The highest BCUT2D eigenvalue weighted by Crippen LogP contribution is 2.13. The fourth-order valence-electron chi connectivity index (χ4n) is 1.81. The Balaban J connectivity index is 1.89. The van der Waals surface area contributed by atoms with Crippen LogP contribution < -0.4 is 5.32 Å². The number of hydrogen-bond donors (Lipinski definition) is 2.